The second-order valence-corrected chi connectivity index (χ2v) is 5.09. The molecule has 0 aliphatic heterocycles. The number of hydrogen-bond acceptors (Lipinski definition) is 5. The fourth-order valence-corrected chi connectivity index (χ4v) is 2.34. The van der Waals surface area contributed by atoms with Crippen molar-refractivity contribution in [1.82, 2.24) is 9.97 Å². The minimum atomic E-state index is -1.32. The Morgan fingerprint density at radius 1 is 1.11 bits per heavy atom. The third kappa shape index (κ3) is 2.24. The highest BCUT2D eigenvalue weighted by Crippen LogP contribution is 2.36. The number of nitro groups is 1. The van der Waals surface area contributed by atoms with E-state index >= 15 is 0 Å². The number of aromatic amines is 2. The number of aromatic nitrogens is 2. The molecule has 0 spiro atoms. The van der Waals surface area contributed by atoms with Gasteiger partial charge in [0.25, 0.3) is 0 Å². The van der Waals surface area contributed by atoms with E-state index in [1.807, 2.05) is 0 Å². The predicted molar refractivity (Wildman–Crippen MR) is 73.5 cm³/mol. The van der Waals surface area contributed by atoms with E-state index in [1.54, 1.807) is 0 Å². The third-order valence-electron chi connectivity index (χ3n) is 2.28. The fraction of sp³-hybridized carbons (Fsp3) is 0. The van der Waals surface area contributed by atoms with Crippen molar-refractivity contribution in [2.24, 2.45) is 0 Å². The molecule has 0 saturated heterocycles. The molecule has 0 atom stereocenters. The summed E-state index contributed by atoms with van der Waals surface area (Å²) < 4.78 is 0.377. The summed E-state index contributed by atoms with van der Waals surface area (Å²) in [6.45, 7) is 0. The summed E-state index contributed by atoms with van der Waals surface area (Å²) in [5.41, 5.74) is -4.45. The van der Waals surface area contributed by atoms with Crippen molar-refractivity contribution in [2.75, 3.05) is 0 Å². The maximum Gasteiger partial charge on any atom is 0.310 e. The first kappa shape index (κ1) is 13.6. The molecule has 0 saturated carbocycles. The molecule has 2 N–H and O–H groups in total. The largest absolute Gasteiger partial charge is 0.317 e. The fourth-order valence-electron chi connectivity index (χ4n) is 1.46. The predicted octanol–water partition coefficient (Wildman–Crippen LogP) is 1.01. The molecule has 2 rings (SSSR count). The average Bonchev–Trinajstić information content (AvgIpc) is 2.42. The van der Waals surface area contributed by atoms with Crippen LogP contribution in [0.5, 0.6) is 0 Å². The standard InChI is InChI=1S/C9H3Br2N3O5/c10-2-1-3-5(6(4(2)11)14(18)19)13-9(17)7(15)8(16)12-3/h1H,(H2,12,13,15,16,17). The van der Waals surface area contributed by atoms with Gasteiger partial charge in [-0.15, -0.1) is 0 Å². The van der Waals surface area contributed by atoms with Gasteiger partial charge in [0.05, 0.1) is 10.4 Å². The number of nitrogens with one attached hydrogen (secondary N) is 2. The molecule has 1 aromatic heterocycles. The quantitative estimate of drug-likeness (QED) is 0.425. The van der Waals surface area contributed by atoms with Crippen LogP contribution in [0.25, 0.3) is 11.0 Å². The molecule has 0 aliphatic rings. The Hall–Kier alpha value is -1.81. The lowest BCUT2D eigenvalue weighted by Crippen LogP contribution is -2.36. The Kier molecular flexibility index (Phi) is 3.37. The zero-order valence-electron chi connectivity index (χ0n) is 8.82. The molecule has 0 fully saturated rings. The Morgan fingerprint density at radius 2 is 1.68 bits per heavy atom. The molecule has 0 unspecified atom stereocenters. The summed E-state index contributed by atoms with van der Waals surface area (Å²) in [4.78, 5) is 48.5. The van der Waals surface area contributed by atoms with Crippen LogP contribution in [0.1, 0.15) is 0 Å². The van der Waals surface area contributed by atoms with Crippen molar-refractivity contribution in [3.05, 3.63) is 56.1 Å². The lowest BCUT2D eigenvalue weighted by molar-refractivity contribution is -0.384. The van der Waals surface area contributed by atoms with Crippen LogP contribution in [0.15, 0.2) is 29.4 Å². The number of halogens is 2. The van der Waals surface area contributed by atoms with Gasteiger partial charge in [-0.05, 0) is 37.9 Å². The van der Waals surface area contributed by atoms with Crippen LogP contribution in [-0.2, 0) is 0 Å². The average molecular weight is 393 g/mol. The minimum absolute atomic E-state index is 0.0361. The van der Waals surface area contributed by atoms with Crippen molar-refractivity contribution >= 4 is 48.6 Å². The van der Waals surface area contributed by atoms with E-state index in [-0.39, 0.29) is 15.5 Å². The van der Waals surface area contributed by atoms with Crippen molar-refractivity contribution in [1.29, 1.82) is 0 Å². The topological polar surface area (TPSA) is 126 Å². The molecule has 2 aromatic rings. The highest BCUT2D eigenvalue weighted by molar-refractivity contribution is 9.13. The van der Waals surface area contributed by atoms with Crippen LogP contribution in [0, 0.1) is 10.1 Å². The molecule has 19 heavy (non-hydrogen) atoms. The Balaban J connectivity index is 3.24. The first-order valence-electron chi connectivity index (χ1n) is 4.66. The van der Waals surface area contributed by atoms with Gasteiger partial charge in [-0.2, -0.15) is 0 Å². The molecule has 1 heterocycles. The van der Waals surface area contributed by atoms with Crippen LogP contribution < -0.4 is 16.5 Å². The van der Waals surface area contributed by atoms with Crippen LogP contribution in [-0.4, -0.2) is 14.9 Å². The summed E-state index contributed by atoms with van der Waals surface area (Å²) in [6, 6.07) is 1.34. The van der Waals surface area contributed by atoms with E-state index in [1.165, 1.54) is 6.07 Å². The smallest absolute Gasteiger partial charge is 0.310 e. The maximum absolute atomic E-state index is 11.4. The summed E-state index contributed by atoms with van der Waals surface area (Å²) in [6.07, 6.45) is 0. The number of fused-ring (bicyclic) bond motifs is 1. The zero-order chi connectivity index (χ0) is 14.3. The van der Waals surface area contributed by atoms with Gasteiger partial charge in [0, 0.05) is 4.47 Å². The lowest BCUT2D eigenvalue weighted by atomic mass is 10.2. The first-order valence-corrected chi connectivity index (χ1v) is 6.24. The van der Waals surface area contributed by atoms with Gasteiger partial charge in [-0.3, -0.25) is 24.5 Å². The maximum atomic E-state index is 11.4. The van der Waals surface area contributed by atoms with Gasteiger partial charge in [-0.25, -0.2) is 0 Å². The summed E-state index contributed by atoms with van der Waals surface area (Å²) in [5.74, 6) is 0. The number of nitro benzene ring substituents is 1. The van der Waals surface area contributed by atoms with Crippen molar-refractivity contribution in [3.8, 4) is 0 Å². The normalized spacial score (nSPS) is 10.6. The SMILES string of the molecule is O=c1[nH]c2cc(Br)c(Br)c([N+](=O)[O-])c2[nH]c(=O)c1=O. The Bertz CT molecular complexity index is 886. The van der Waals surface area contributed by atoms with E-state index < -0.39 is 27.2 Å². The van der Waals surface area contributed by atoms with E-state index in [0.717, 1.165) is 0 Å². The van der Waals surface area contributed by atoms with Gasteiger partial charge in [0.15, 0.2) is 0 Å². The molecule has 0 aliphatic carbocycles. The van der Waals surface area contributed by atoms with Crippen LogP contribution >= 0.6 is 31.9 Å². The van der Waals surface area contributed by atoms with Crippen molar-refractivity contribution in [2.45, 2.75) is 0 Å². The van der Waals surface area contributed by atoms with Crippen molar-refractivity contribution < 1.29 is 4.92 Å². The van der Waals surface area contributed by atoms with E-state index in [0.29, 0.717) is 4.47 Å². The van der Waals surface area contributed by atoms with Gasteiger partial charge in [-0.1, -0.05) is 0 Å². The molecule has 98 valence electrons. The minimum Gasteiger partial charge on any atom is -0.317 e. The molecular weight excluding hydrogens is 390 g/mol. The highest BCUT2D eigenvalue weighted by atomic mass is 79.9. The van der Waals surface area contributed by atoms with Crippen LogP contribution in [0.3, 0.4) is 0 Å². The number of rotatable bonds is 1. The molecule has 0 bridgehead atoms. The molecule has 10 heteroatoms. The third-order valence-corrected chi connectivity index (χ3v) is 4.24. The van der Waals surface area contributed by atoms with Crippen LogP contribution in [0.4, 0.5) is 5.69 Å². The van der Waals surface area contributed by atoms with Crippen LogP contribution in [0.2, 0.25) is 0 Å². The molecule has 0 radical (unpaired) electrons. The first-order chi connectivity index (χ1) is 8.82. The monoisotopic (exact) mass is 391 g/mol. The molecule has 0 amide bonds. The number of nitrogens with zero attached hydrogens (tertiary/aromatic N) is 1. The summed E-state index contributed by atoms with van der Waals surface area (Å²) in [5, 5.41) is 11.0. The number of benzene rings is 1. The second-order valence-electron chi connectivity index (χ2n) is 3.44. The highest BCUT2D eigenvalue weighted by Gasteiger charge is 2.21. The number of H-pyrrole nitrogens is 2. The number of hydrogen-bond donors (Lipinski definition) is 2. The van der Waals surface area contributed by atoms with Gasteiger partial charge in [0.1, 0.15) is 9.99 Å². The van der Waals surface area contributed by atoms with Gasteiger partial charge >= 0.3 is 22.2 Å². The molecular formula is C9H3Br2N3O5. The lowest BCUT2D eigenvalue weighted by Gasteiger charge is -2.01. The van der Waals surface area contributed by atoms with Gasteiger partial charge < -0.3 is 9.97 Å². The van der Waals surface area contributed by atoms with E-state index in [2.05, 4.69) is 41.8 Å². The van der Waals surface area contributed by atoms with Crippen molar-refractivity contribution in [3.63, 3.8) is 0 Å². The summed E-state index contributed by atoms with van der Waals surface area (Å²) in [7, 11) is 0. The Morgan fingerprint density at radius 3 is 2.26 bits per heavy atom. The van der Waals surface area contributed by atoms with E-state index in [4.69, 9.17) is 0 Å². The van der Waals surface area contributed by atoms with E-state index in [9.17, 15) is 24.5 Å². The zero-order valence-corrected chi connectivity index (χ0v) is 12.0. The van der Waals surface area contributed by atoms with Gasteiger partial charge in [0.2, 0.25) is 0 Å². The Labute approximate surface area is 119 Å². The molecule has 1 aromatic carbocycles. The second kappa shape index (κ2) is 4.70. The summed E-state index contributed by atoms with van der Waals surface area (Å²) >= 11 is 6.07. The molecule has 8 nitrogen and oxygen atoms in total.